The molecule has 0 spiro atoms. The van der Waals surface area contributed by atoms with E-state index >= 15 is 0 Å². The maximum absolute atomic E-state index is 6.59. The molecule has 0 N–H and O–H groups in total. The number of aryl methyl sites for hydroxylation is 1. The second-order valence-electron chi connectivity index (χ2n) is 1.57. The summed E-state index contributed by atoms with van der Waals surface area (Å²) in [5.74, 6) is 0. The van der Waals surface area contributed by atoms with E-state index in [1.807, 2.05) is 18.4 Å². The van der Waals surface area contributed by atoms with E-state index in [1.165, 1.54) is 16.9 Å². The van der Waals surface area contributed by atoms with Crippen LogP contribution in [0.5, 0.6) is 0 Å². The summed E-state index contributed by atoms with van der Waals surface area (Å²) in [4.78, 5) is 3.26. The molecule has 0 amide bonds. The van der Waals surface area contributed by atoms with E-state index in [0.29, 0.717) is 0 Å². The summed E-state index contributed by atoms with van der Waals surface area (Å²) in [6.45, 7) is 8.58. The standard InChI is InChI=1S/C6H5NS/c1-5-3-6(7-2)8-4-5/h3-4H,1H3. The van der Waals surface area contributed by atoms with Crippen LogP contribution in [0.15, 0.2) is 11.4 Å². The van der Waals surface area contributed by atoms with Crippen molar-refractivity contribution in [3.05, 3.63) is 28.4 Å². The lowest BCUT2D eigenvalue weighted by molar-refractivity contribution is 1.56. The lowest BCUT2D eigenvalue weighted by Gasteiger charge is -1.69. The minimum Gasteiger partial charge on any atom is -0.227 e. The molecular weight excluding hydrogens is 118 g/mol. The summed E-state index contributed by atoms with van der Waals surface area (Å²) in [5.41, 5.74) is 1.18. The van der Waals surface area contributed by atoms with Crippen LogP contribution in [0, 0.1) is 13.5 Å². The van der Waals surface area contributed by atoms with Crippen molar-refractivity contribution in [2.45, 2.75) is 6.92 Å². The second-order valence-corrected chi connectivity index (χ2v) is 2.46. The molecule has 1 aromatic heterocycles. The van der Waals surface area contributed by atoms with Crippen LogP contribution < -0.4 is 0 Å². The molecule has 0 radical (unpaired) electrons. The van der Waals surface area contributed by atoms with E-state index in [9.17, 15) is 0 Å². The topological polar surface area (TPSA) is 4.36 Å². The van der Waals surface area contributed by atoms with Crippen molar-refractivity contribution in [3.8, 4) is 0 Å². The normalized spacial score (nSPS) is 8.50. The fourth-order valence-corrected chi connectivity index (χ4v) is 1.16. The van der Waals surface area contributed by atoms with Gasteiger partial charge >= 0.3 is 0 Å². The third-order valence-electron chi connectivity index (χ3n) is 0.827. The van der Waals surface area contributed by atoms with Crippen molar-refractivity contribution < 1.29 is 0 Å². The van der Waals surface area contributed by atoms with Crippen LogP contribution >= 0.6 is 11.3 Å². The zero-order chi connectivity index (χ0) is 5.98. The second kappa shape index (κ2) is 1.97. The van der Waals surface area contributed by atoms with Gasteiger partial charge in [-0.15, -0.1) is 0 Å². The van der Waals surface area contributed by atoms with Crippen LogP contribution in [0.25, 0.3) is 4.85 Å². The summed E-state index contributed by atoms with van der Waals surface area (Å²) in [6.07, 6.45) is 0. The molecule has 0 fully saturated rings. The molecule has 0 saturated heterocycles. The van der Waals surface area contributed by atoms with E-state index in [2.05, 4.69) is 4.85 Å². The summed E-state index contributed by atoms with van der Waals surface area (Å²) in [6, 6.07) is 1.89. The number of hydrogen-bond donors (Lipinski definition) is 0. The molecule has 0 unspecified atom stereocenters. The zero-order valence-corrected chi connectivity index (χ0v) is 5.33. The van der Waals surface area contributed by atoms with Crippen molar-refractivity contribution in [1.82, 2.24) is 0 Å². The largest absolute Gasteiger partial charge is 0.241 e. The van der Waals surface area contributed by atoms with Crippen LogP contribution in [0.4, 0.5) is 5.00 Å². The third kappa shape index (κ3) is 0.877. The Hall–Kier alpha value is -0.810. The fourth-order valence-electron chi connectivity index (χ4n) is 0.475. The summed E-state index contributed by atoms with van der Waals surface area (Å²) in [5, 5.41) is 2.76. The Bertz CT molecular complexity index is 219. The molecule has 0 atom stereocenters. The highest BCUT2D eigenvalue weighted by atomic mass is 32.1. The van der Waals surface area contributed by atoms with Gasteiger partial charge in [0.25, 0.3) is 0 Å². The van der Waals surface area contributed by atoms with E-state index in [0.717, 1.165) is 5.00 Å². The van der Waals surface area contributed by atoms with Gasteiger partial charge in [0.05, 0.1) is 6.57 Å². The van der Waals surface area contributed by atoms with Crippen molar-refractivity contribution >= 4 is 16.3 Å². The maximum Gasteiger partial charge on any atom is 0.241 e. The first-order chi connectivity index (χ1) is 3.83. The van der Waals surface area contributed by atoms with Gasteiger partial charge in [-0.1, -0.05) is 5.56 Å². The first-order valence-corrected chi connectivity index (χ1v) is 3.13. The first kappa shape index (κ1) is 5.33. The van der Waals surface area contributed by atoms with Gasteiger partial charge in [-0.2, -0.15) is 11.3 Å². The zero-order valence-electron chi connectivity index (χ0n) is 4.51. The van der Waals surface area contributed by atoms with Crippen LogP contribution in [-0.2, 0) is 0 Å². The van der Waals surface area contributed by atoms with Crippen molar-refractivity contribution in [1.29, 1.82) is 0 Å². The average molecular weight is 123 g/mol. The Kier molecular flexibility index (Phi) is 1.32. The predicted octanol–water partition coefficient (Wildman–Crippen LogP) is 2.61. The number of thiophene rings is 1. The lowest BCUT2D eigenvalue weighted by Crippen LogP contribution is -1.49. The van der Waals surface area contributed by atoms with E-state index in [1.54, 1.807) is 0 Å². The molecule has 0 saturated carbocycles. The molecule has 1 nitrogen and oxygen atoms in total. The van der Waals surface area contributed by atoms with Crippen LogP contribution in [0.1, 0.15) is 5.56 Å². The molecule has 0 aromatic carbocycles. The lowest BCUT2D eigenvalue weighted by atomic mass is 10.4. The first-order valence-electron chi connectivity index (χ1n) is 2.25. The van der Waals surface area contributed by atoms with E-state index in [4.69, 9.17) is 6.57 Å². The highest BCUT2D eigenvalue weighted by molar-refractivity contribution is 7.14. The smallest absolute Gasteiger partial charge is 0.227 e. The highest BCUT2D eigenvalue weighted by Crippen LogP contribution is 2.21. The third-order valence-corrected chi connectivity index (χ3v) is 1.77. The van der Waals surface area contributed by atoms with Gasteiger partial charge in [0.2, 0.25) is 5.00 Å². The van der Waals surface area contributed by atoms with Crippen LogP contribution in [0.3, 0.4) is 0 Å². The molecule has 0 aliphatic heterocycles. The number of rotatable bonds is 0. The summed E-state index contributed by atoms with van der Waals surface area (Å²) >= 11 is 1.50. The van der Waals surface area contributed by atoms with Gasteiger partial charge in [0.15, 0.2) is 0 Å². The van der Waals surface area contributed by atoms with Gasteiger partial charge < -0.3 is 0 Å². The molecule has 1 heterocycles. The molecule has 2 heteroatoms. The predicted molar refractivity (Wildman–Crippen MR) is 35.3 cm³/mol. The van der Waals surface area contributed by atoms with Gasteiger partial charge in [0, 0.05) is 0 Å². The monoisotopic (exact) mass is 123 g/mol. The van der Waals surface area contributed by atoms with E-state index in [-0.39, 0.29) is 0 Å². The van der Waals surface area contributed by atoms with Gasteiger partial charge in [0.1, 0.15) is 0 Å². The SMILES string of the molecule is [C-]#[N+]c1cc(C)cs1. The Labute approximate surface area is 52.4 Å². The average Bonchev–Trinajstić information content (AvgIpc) is 2.14. The minimum absolute atomic E-state index is 0.780. The highest BCUT2D eigenvalue weighted by Gasteiger charge is 1.90. The molecule has 0 aliphatic rings. The molecule has 40 valence electrons. The molecule has 8 heavy (non-hydrogen) atoms. The minimum atomic E-state index is 0.780. The maximum atomic E-state index is 6.59. The van der Waals surface area contributed by atoms with Crippen LogP contribution in [-0.4, -0.2) is 0 Å². The quantitative estimate of drug-likeness (QED) is 0.467. The van der Waals surface area contributed by atoms with Gasteiger partial charge in [-0.25, -0.2) is 4.85 Å². The van der Waals surface area contributed by atoms with Crippen molar-refractivity contribution in [3.63, 3.8) is 0 Å². The van der Waals surface area contributed by atoms with Crippen LogP contribution in [0.2, 0.25) is 0 Å². The van der Waals surface area contributed by atoms with Crippen molar-refractivity contribution in [2.75, 3.05) is 0 Å². The Morgan fingerprint density at radius 2 is 2.50 bits per heavy atom. The Morgan fingerprint density at radius 1 is 1.75 bits per heavy atom. The molecule has 0 aliphatic carbocycles. The number of hydrogen-bond acceptors (Lipinski definition) is 1. The molecule has 0 bridgehead atoms. The Morgan fingerprint density at radius 3 is 2.75 bits per heavy atom. The van der Waals surface area contributed by atoms with Gasteiger partial charge in [-0.05, 0) is 18.4 Å². The summed E-state index contributed by atoms with van der Waals surface area (Å²) in [7, 11) is 0. The molecule has 1 aromatic rings. The molecular formula is C6H5NS. The summed E-state index contributed by atoms with van der Waals surface area (Å²) < 4.78 is 0. The van der Waals surface area contributed by atoms with E-state index < -0.39 is 0 Å². The van der Waals surface area contributed by atoms with Gasteiger partial charge in [-0.3, -0.25) is 0 Å². The van der Waals surface area contributed by atoms with Crippen molar-refractivity contribution in [2.24, 2.45) is 0 Å². The Balaban J connectivity index is 3.05. The number of nitrogens with zero attached hydrogens (tertiary/aromatic N) is 1. The fraction of sp³-hybridized carbons (Fsp3) is 0.167. The molecule has 1 rings (SSSR count).